The summed E-state index contributed by atoms with van der Waals surface area (Å²) >= 11 is 5.88. The Morgan fingerprint density at radius 1 is 1.35 bits per heavy atom. The number of pyridine rings is 1. The van der Waals surface area contributed by atoms with Gasteiger partial charge >= 0.3 is 0 Å². The van der Waals surface area contributed by atoms with Crippen molar-refractivity contribution in [3.05, 3.63) is 29.0 Å². The van der Waals surface area contributed by atoms with Crippen molar-refractivity contribution in [2.45, 2.75) is 37.8 Å². The van der Waals surface area contributed by atoms with Crippen molar-refractivity contribution in [3.63, 3.8) is 0 Å². The largest absolute Gasteiger partial charge is 0.352 e. The number of likely N-dealkylation sites (tertiary alicyclic amines) is 1. The van der Waals surface area contributed by atoms with E-state index in [1.165, 1.54) is 12.3 Å². The molecule has 1 N–H and O–H groups in total. The highest BCUT2D eigenvalue weighted by Crippen LogP contribution is 2.23. The van der Waals surface area contributed by atoms with E-state index in [-0.39, 0.29) is 17.9 Å². The number of nitrogens with one attached hydrogen (secondary N) is 1. The Kier molecular flexibility index (Phi) is 3.61. The fourth-order valence-corrected chi connectivity index (χ4v) is 2.64. The molecule has 2 fully saturated rings. The number of amides is 2. The average molecular weight is 294 g/mol. The fourth-order valence-electron chi connectivity index (χ4n) is 2.48. The molecule has 6 heteroatoms. The predicted octanol–water partition coefficient (Wildman–Crippen LogP) is 1.62. The summed E-state index contributed by atoms with van der Waals surface area (Å²) in [6.45, 7) is 0.593. The maximum Gasteiger partial charge on any atom is 0.273 e. The van der Waals surface area contributed by atoms with Gasteiger partial charge in [-0.3, -0.25) is 14.6 Å². The van der Waals surface area contributed by atoms with Gasteiger partial charge in [0.2, 0.25) is 5.91 Å². The van der Waals surface area contributed by atoms with Crippen LogP contribution in [0.4, 0.5) is 0 Å². The second-order valence-electron chi connectivity index (χ2n) is 5.30. The zero-order valence-electron chi connectivity index (χ0n) is 11.0. The van der Waals surface area contributed by atoms with E-state index in [4.69, 9.17) is 11.6 Å². The molecule has 5 nitrogen and oxygen atoms in total. The first-order chi connectivity index (χ1) is 9.65. The topological polar surface area (TPSA) is 62.3 Å². The van der Waals surface area contributed by atoms with Gasteiger partial charge in [0.05, 0.1) is 0 Å². The Labute approximate surface area is 122 Å². The molecular weight excluding hydrogens is 278 g/mol. The van der Waals surface area contributed by atoms with Crippen molar-refractivity contribution in [1.29, 1.82) is 0 Å². The van der Waals surface area contributed by atoms with Crippen LogP contribution in [0.1, 0.15) is 36.2 Å². The Hall–Kier alpha value is -1.62. The molecule has 2 aliphatic rings. The van der Waals surface area contributed by atoms with Crippen LogP contribution in [-0.2, 0) is 4.79 Å². The molecule has 1 aromatic rings. The van der Waals surface area contributed by atoms with Crippen LogP contribution in [0.5, 0.6) is 0 Å². The van der Waals surface area contributed by atoms with E-state index < -0.39 is 0 Å². The van der Waals surface area contributed by atoms with Gasteiger partial charge in [-0.05, 0) is 37.8 Å². The highest BCUT2D eigenvalue weighted by Gasteiger charge is 2.37. The Balaban J connectivity index is 1.73. The number of hydrogen-bond acceptors (Lipinski definition) is 3. The van der Waals surface area contributed by atoms with Crippen molar-refractivity contribution >= 4 is 23.4 Å². The second-order valence-corrected chi connectivity index (χ2v) is 5.74. The number of halogens is 1. The van der Waals surface area contributed by atoms with Gasteiger partial charge in [0.15, 0.2) is 0 Å². The lowest BCUT2D eigenvalue weighted by molar-refractivity contribution is -0.125. The summed E-state index contributed by atoms with van der Waals surface area (Å²) in [5.74, 6) is -0.263. The van der Waals surface area contributed by atoms with Crippen LogP contribution in [0.3, 0.4) is 0 Å². The van der Waals surface area contributed by atoms with E-state index in [0.717, 1.165) is 19.3 Å². The number of carbonyl (C=O) groups excluding carboxylic acids is 2. The van der Waals surface area contributed by atoms with Crippen LogP contribution in [-0.4, -0.2) is 40.3 Å². The summed E-state index contributed by atoms with van der Waals surface area (Å²) in [4.78, 5) is 30.2. The Bertz CT molecular complexity index is 545. The van der Waals surface area contributed by atoms with Gasteiger partial charge in [0, 0.05) is 23.8 Å². The van der Waals surface area contributed by atoms with Crippen LogP contribution >= 0.6 is 11.6 Å². The molecule has 0 spiro atoms. The molecular formula is C14H16ClN3O2. The third-order valence-corrected chi connectivity index (χ3v) is 3.92. The van der Waals surface area contributed by atoms with Gasteiger partial charge < -0.3 is 10.2 Å². The maximum atomic E-state index is 12.4. The van der Waals surface area contributed by atoms with Crippen molar-refractivity contribution in [2.75, 3.05) is 6.54 Å². The van der Waals surface area contributed by atoms with Gasteiger partial charge in [-0.2, -0.15) is 0 Å². The zero-order valence-corrected chi connectivity index (χ0v) is 11.8. The summed E-state index contributed by atoms with van der Waals surface area (Å²) in [6.07, 6.45) is 5.15. The summed E-state index contributed by atoms with van der Waals surface area (Å²) < 4.78 is 0. The second kappa shape index (κ2) is 5.40. The number of hydrogen-bond donors (Lipinski definition) is 1. The summed E-state index contributed by atoms with van der Waals surface area (Å²) in [5.41, 5.74) is 0.295. The third kappa shape index (κ3) is 2.77. The SMILES string of the molecule is O=C(NC1CC1)C1CCCN1C(=O)c1cc(Cl)ccn1. The van der Waals surface area contributed by atoms with Crippen molar-refractivity contribution < 1.29 is 9.59 Å². The fraction of sp³-hybridized carbons (Fsp3) is 0.500. The molecule has 1 aromatic heterocycles. The van der Waals surface area contributed by atoms with Gasteiger partial charge in [-0.25, -0.2) is 0 Å². The normalized spacial score (nSPS) is 21.9. The van der Waals surface area contributed by atoms with Crippen LogP contribution < -0.4 is 5.32 Å². The molecule has 1 saturated heterocycles. The zero-order chi connectivity index (χ0) is 14.1. The number of aromatic nitrogens is 1. The van der Waals surface area contributed by atoms with Crippen LogP contribution in [0, 0.1) is 0 Å². The summed E-state index contributed by atoms with van der Waals surface area (Å²) in [5, 5.41) is 3.44. The molecule has 20 heavy (non-hydrogen) atoms. The Morgan fingerprint density at radius 2 is 2.15 bits per heavy atom. The first-order valence-electron chi connectivity index (χ1n) is 6.88. The van der Waals surface area contributed by atoms with E-state index in [1.807, 2.05) is 0 Å². The third-order valence-electron chi connectivity index (χ3n) is 3.68. The molecule has 0 radical (unpaired) electrons. The van der Waals surface area contributed by atoms with Crippen molar-refractivity contribution in [1.82, 2.24) is 15.2 Å². The molecule has 1 atom stereocenters. The standard InChI is InChI=1S/C14H16ClN3O2/c15-9-5-6-16-11(8-9)14(20)18-7-1-2-12(18)13(19)17-10-3-4-10/h5-6,8,10,12H,1-4,7H2,(H,17,19). The molecule has 2 amide bonds. The summed E-state index contributed by atoms with van der Waals surface area (Å²) in [7, 11) is 0. The molecule has 2 heterocycles. The molecule has 0 bridgehead atoms. The molecule has 106 valence electrons. The minimum absolute atomic E-state index is 0.0413. The molecule has 0 aromatic carbocycles. The van der Waals surface area contributed by atoms with Gasteiger partial charge in [-0.1, -0.05) is 11.6 Å². The monoisotopic (exact) mass is 293 g/mol. The number of carbonyl (C=O) groups is 2. The van der Waals surface area contributed by atoms with Gasteiger partial charge in [0.25, 0.3) is 5.91 Å². The molecule has 1 unspecified atom stereocenters. The predicted molar refractivity (Wildman–Crippen MR) is 74.5 cm³/mol. The lowest BCUT2D eigenvalue weighted by Gasteiger charge is -2.23. The summed E-state index contributed by atoms with van der Waals surface area (Å²) in [6, 6.07) is 3.10. The van der Waals surface area contributed by atoms with E-state index >= 15 is 0 Å². The van der Waals surface area contributed by atoms with E-state index in [2.05, 4.69) is 10.3 Å². The average Bonchev–Trinajstić information content (AvgIpc) is 3.10. The van der Waals surface area contributed by atoms with Crippen LogP contribution in [0.25, 0.3) is 0 Å². The molecule has 1 aliphatic heterocycles. The lowest BCUT2D eigenvalue weighted by atomic mass is 10.2. The van der Waals surface area contributed by atoms with Gasteiger partial charge in [0.1, 0.15) is 11.7 Å². The van der Waals surface area contributed by atoms with E-state index in [0.29, 0.717) is 29.7 Å². The highest BCUT2D eigenvalue weighted by atomic mass is 35.5. The van der Waals surface area contributed by atoms with E-state index in [1.54, 1.807) is 11.0 Å². The molecule has 3 rings (SSSR count). The number of rotatable bonds is 3. The van der Waals surface area contributed by atoms with Crippen molar-refractivity contribution in [3.8, 4) is 0 Å². The van der Waals surface area contributed by atoms with Gasteiger partial charge in [-0.15, -0.1) is 0 Å². The first kappa shape index (κ1) is 13.4. The Morgan fingerprint density at radius 3 is 2.85 bits per heavy atom. The molecule has 1 saturated carbocycles. The first-order valence-corrected chi connectivity index (χ1v) is 7.26. The minimum Gasteiger partial charge on any atom is -0.352 e. The highest BCUT2D eigenvalue weighted by molar-refractivity contribution is 6.30. The van der Waals surface area contributed by atoms with Crippen LogP contribution in [0.15, 0.2) is 18.3 Å². The minimum atomic E-state index is -0.371. The smallest absolute Gasteiger partial charge is 0.273 e. The molecule has 1 aliphatic carbocycles. The maximum absolute atomic E-state index is 12.4. The number of nitrogens with zero attached hydrogens (tertiary/aromatic N) is 2. The van der Waals surface area contributed by atoms with Crippen LogP contribution in [0.2, 0.25) is 5.02 Å². The van der Waals surface area contributed by atoms with E-state index in [9.17, 15) is 9.59 Å². The lowest BCUT2D eigenvalue weighted by Crippen LogP contribution is -2.46. The quantitative estimate of drug-likeness (QED) is 0.921. The van der Waals surface area contributed by atoms with Crippen molar-refractivity contribution in [2.24, 2.45) is 0 Å².